The SMILES string of the molecule is Cc1cccc(N(c2ccccc2)c2ccc3sc4c5c(ccc4c3c2)C23c4ccccc4-c4ccc(nc42)-c2ccccc2N(c2cccc(C)c2C)c2cc3c-5c3sc4ccccc4c23)c1C. The molecule has 0 N–H and O–H groups in total. The fourth-order valence-corrected chi connectivity index (χ4v) is 14.9. The van der Waals surface area contributed by atoms with Crippen molar-refractivity contribution in [3.05, 3.63) is 233 Å². The number of anilines is 6. The summed E-state index contributed by atoms with van der Waals surface area (Å²) in [5, 5.41) is 5.14. The van der Waals surface area contributed by atoms with E-state index in [0.717, 1.165) is 34.0 Å². The second-order valence-corrected chi connectivity index (χ2v) is 21.2. The molecule has 3 aliphatic rings. The average Bonchev–Trinajstić information content (AvgIpc) is 4.12. The number of aryl methyl sites for hydroxylation is 2. The van der Waals surface area contributed by atoms with Gasteiger partial charge in [0.1, 0.15) is 0 Å². The Kier molecular flexibility index (Phi) is 8.02. The zero-order chi connectivity index (χ0) is 45.9. The molecule has 2 aliphatic carbocycles. The van der Waals surface area contributed by atoms with Crippen molar-refractivity contribution in [1.29, 1.82) is 0 Å². The van der Waals surface area contributed by atoms with Gasteiger partial charge in [-0.1, -0.05) is 121 Å². The minimum atomic E-state index is -0.659. The molecule has 1 unspecified atom stereocenters. The minimum absolute atomic E-state index is 0.659. The smallest absolute Gasteiger partial charge is 0.0900 e. The van der Waals surface area contributed by atoms with E-state index in [-0.39, 0.29) is 0 Å². The lowest BCUT2D eigenvalue weighted by molar-refractivity contribution is 0.762. The molecule has 5 heteroatoms. The quantitative estimate of drug-likeness (QED) is 0.175. The van der Waals surface area contributed by atoms with Crippen molar-refractivity contribution in [2.24, 2.45) is 0 Å². The Morgan fingerprint density at radius 3 is 2.04 bits per heavy atom. The molecular weight excluding hydrogens is 875 g/mol. The molecule has 1 atom stereocenters. The predicted octanol–water partition coefficient (Wildman–Crippen LogP) is 18.3. The molecule has 3 aromatic heterocycles. The van der Waals surface area contributed by atoms with Crippen molar-refractivity contribution < 1.29 is 0 Å². The molecule has 0 amide bonds. The second kappa shape index (κ2) is 14.1. The summed E-state index contributed by atoms with van der Waals surface area (Å²) in [5.74, 6) is 0. The van der Waals surface area contributed by atoms with E-state index in [1.165, 1.54) is 119 Å². The Morgan fingerprint density at radius 2 is 1.16 bits per heavy atom. The molecule has 12 aromatic rings. The summed E-state index contributed by atoms with van der Waals surface area (Å²) in [6, 6.07) is 70.7. The monoisotopic (exact) mass is 917 g/mol. The van der Waals surface area contributed by atoms with Gasteiger partial charge in [0.2, 0.25) is 0 Å². The lowest BCUT2D eigenvalue weighted by Crippen LogP contribution is -2.28. The van der Waals surface area contributed by atoms with Crippen LogP contribution in [0.25, 0.3) is 73.9 Å². The Hall–Kier alpha value is -7.83. The van der Waals surface area contributed by atoms with Gasteiger partial charge in [-0.05, 0) is 139 Å². The van der Waals surface area contributed by atoms with E-state index in [0.29, 0.717) is 0 Å². The number of pyridine rings is 1. The van der Waals surface area contributed by atoms with E-state index in [2.05, 4.69) is 226 Å². The average molecular weight is 918 g/mol. The highest BCUT2D eigenvalue weighted by molar-refractivity contribution is 7.27. The van der Waals surface area contributed by atoms with Crippen LogP contribution in [0.15, 0.2) is 188 Å². The topological polar surface area (TPSA) is 19.4 Å². The van der Waals surface area contributed by atoms with Crippen molar-refractivity contribution in [1.82, 2.24) is 4.98 Å². The van der Waals surface area contributed by atoms with Crippen molar-refractivity contribution in [2.75, 3.05) is 9.80 Å². The Labute approximate surface area is 408 Å². The van der Waals surface area contributed by atoms with E-state index < -0.39 is 5.41 Å². The third-order valence-electron chi connectivity index (χ3n) is 15.8. The number of hydrogen-bond acceptors (Lipinski definition) is 5. The summed E-state index contributed by atoms with van der Waals surface area (Å²) in [6.07, 6.45) is 0. The second-order valence-electron chi connectivity index (χ2n) is 19.1. The van der Waals surface area contributed by atoms with Crippen LogP contribution in [0.3, 0.4) is 0 Å². The molecule has 0 saturated heterocycles. The molecule has 0 radical (unpaired) electrons. The normalized spacial score (nSPS) is 15.0. The highest BCUT2D eigenvalue weighted by atomic mass is 32.1. The fourth-order valence-electron chi connectivity index (χ4n) is 12.3. The largest absolute Gasteiger partial charge is 0.310 e. The lowest BCUT2D eigenvalue weighted by atomic mass is 9.72. The van der Waals surface area contributed by atoms with Crippen molar-refractivity contribution in [2.45, 2.75) is 33.1 Å². The molecule has 4 heterocycles. The summed E-state index contributed by atoms with van der Waals surface area (Å²) in [7, 11) is 0. The molecule has 3 nitrogen and oxygen atoms in total. The number of nitrogens with zero attached hydrogens (tertiary/aromatic N) is 3. The first-order chi connectivity index (χ1) is 33.9. The van der Waals surface area contributed by atoms with Gasteiger partial charge in [0.05, 0.1) is 28.2 Å². The van der Waals surface area contributed by atoms with Crippen molar-refractivity contribution in [3.63, 3.8) is 0 Å². The van der Waals surface area contributed by atoms with Gasteiger partial charge in [0, 0.05) is 85.3 Å². The van der Waals surface area contributed by atoms with E-state index in [9.17, 15) is 0 Å². The summed E-state index contributed by atoms with van der Waals surface area (Å²) >= 11 is 3.89. The van der Waals surface area contributed by atoms with Crippen LogP contribution in [0.4, 0.5) is 34.1 Å². The molecule has 69 heavy (non-hydrogen) atoms. The Bertz CT molecular complexity index is 4220. The van der Waals surface area contributed by atoms with E-state index in [1.807, 2.05) is 22.7 Å². The summed E-state index contributed by atoms with van der Waals surface area (Å²) < 4.78 is 5.23. The van der Waals surface area contributed by atoms with Gasteiger partial charge < -0.3 is 9.80 Å². The van der Waals surface area contributed by atoms with Crippen LogP contribution in [-0.4, -0.2) is 4.98 Å². The maximum atomic E-state index is 5.95. The van der Waals surface area contributed by atoms with Gasteiger partial charge in [-0.25, -0.2) is 0 Å². The van der Waals surface area contributed by atoms with Crippen LogP contribution in [0, 0.1) is 27.7 Å². The highest BCUT2D eigenvalue weighted by Gasteiger charge is 2.55. The zero-order valence-electron chi connectivity index (χ0n) is 38.6. The van der Waals surface area contributed by atoms with Crippen LogP contribution in [-0.2, 0) is 5.41 Å². The van der Waals surface area contributed by atoms with Crippen LogP contribution < -0.4 is 9.80 Å². The third-order valence-corrected chi connectivity index (χ3v) is 18.1. The molecule has 0 fully saturated rings. The number of hydrogen-bond donors (Lipinski definition) is 0. The lowest BCUT2D eigenvalue weighted by Gasteiger charge is -2.34. The minimum Gasteiger partial charge on any atom is -0.310 e. The number of para-hydroxylation sites is 2. The molecular formula is C64H43N3S2. The van der Waals surface area contributed by atoms with E-state index in [4.69, 9.17) is 4.98 Å². The molecule has 1 spiro atoms. The van der Waals surface area contributed by atoms with Crippen LogP contribution >= 0.6 is 22.7 Å². The van der Waals surface area contributed by atoms with Crippen molar-refractivity contribution in [3.8, 4) is 33.5 Å². The molecule has 0 saturated carbocycles. The summed E-state index contributed by atoms with van der Waals surface area (Å²) in [6.45, 7) is 8.97. The van der Waals surface area contributed by atoms with Gasteiger partial charge in [-0.2, -0.15) is 0 Å². The fraction of sp³-hybridized carbons (Fsp3) is 0.0781. The molecule has 1 aliphatic heterocycles. The van der Waals surface area contributed by atoms with E-state index in [1.54, 1.807) is 0 Å². The predicted molar refractivity (Wildman–Crippen MR) is 294 cm³/mol. The standard InChI is InChI=1S/C64H43N3S2/c1-36-16-14-25-52(38(36)3)66(40-18-6-5-7-19-40)41-28-33-57-47(34-41)43-29-31-49-59(61(43)68-57)60-50-35-55(58-46-22-10-13-27-56(46)69-62(58)60)67(53-26-15-17-37(2)39(53)4)54-24-12-9-21-45(54)51-32-30-44-42-20-8-11-23-48(42)64(49,50)63(44)65-51/h5-35H,1-4H3. The maximum Gasteiger partial charge on any atom is 0.0900 e. The first-order valence-electron chi connectivity index (χ1n) is 23.9. The summed E-state index contributed by atoms with van der Waals surface area (Å²) in [5.41, 5.74) is 23.7. The van der Waals surface area contributed by atoms with Gasteiger partial charge >= 0.3 is 0 Å². The molecule has 4 bridgehead atoms. The van der Waals surface area contributed by atoms with E-state index >= 15 is 0 Å². The van der Waals surface area contributed by atoms with Crippen LogP contribution in [0.5, 0.6) is 0 Å². The van der Waals surface area contributed by atoms with Gasteiger partial charge in [-0.15, -0.1) is 22.7 Å². The van der Waals surface area contributed by atoms with Gasteiger partial charge in [0.25, 0.3) is 0 Å². The van der Waals surface area contributed by atoms with Gasteiger partial charge in [0.15, 0.2) is 0 Å². The number of aromatic nitrogens is 1. The Morgan fingerprint density at radius 1 is 0.449 bits per heavy atom. The van der Waals surface area contributed by atoms with Crippen LogP contribution in [0.2, 0.25) is 0 Å². The molecule has 326 valence electrons. The van der Waals surface area contributed by atoms with Gasteiger partial charge in [-0.3, -0.25) is 4.98 Å². The first-order valence-corrected chi connectivity index (χ1v) is 25.5. The Balaban J connectivity index is 1.11. The maximum absolute atomic E-state index is 5.95. The molecule has 15 rings (SSSR count). The van der Waals surface area contributed by atoms with Crippen LogP contribution in [0.1, 0.15) is 44.6 Å². The molecule has 9 aromatic carbocycles. The number of fused-ring (bicyclic) bond motifs is 17. The highest BCUT2D eigenvalue weighted by Crippen LogP contribution is 2.68. The number of rotatable bonds is 4. The zero-order valence-corrected chi connectivity index (χ0v) is 40.2. The number of thiophene rings is 2. The summed E-state index contributed by atoms with van der Waals surface area (Å²) in [4.78, 5) is 11.0. The number of benzene rings is 9. The third kappa shape index (κ3) is 5.08. The van der Waals surface area contributed by atoms with Crippen molar-refractivity contribution >= 4 is 97.1 Å². The first kappa shape index (κ1) is 39.2.